The molecule has 2 aliphatic heterocycles. The molecule has 2 fully saturated rings. The van der Waals surface area contributed by atoms with Crippen molar-refractivity contribution in [3.05, 3.63) is 71.0 Å². The minimum absolute atomic E-state index is 0.0530. The summed E-state index contributed by atoms with van der Waals surface area (Å²) in [5, 5.41) is 7.56. The van der Waals surface area contributed by atoms with Crippen LogP contribution in [0, 0.1) is 6.92 Å². The van der Waals surface area contributed by atoms with E-state index in [2.05, 4.69) is 15.2 Å². The number of halogens is 3. The van der Waals surface area contributed by atoms with Crippen molar-refractivity contribution < 1.29 is 22.7 Å². The number of morpholine rings is 1. The highest BCUT2D eigenvalue weighted by molar-refractivity contribution is 5.75. The molecule has 2 saturated heterocycles. The second-order valence-electron chi connectivity index (χ2n) is 9.47. The third kappa shape index (κ3) is 5.23. The van der Waals surface area contributed by atoms with Crippen LogP contribution in [0.1, 0.15) is 40.6 Å². The Morgan fingerprint density at radius 3 is 2.39 bits per heavy atom. The van der Waals surface area contributed by atoms with E-state index in [1.807, 2.05) is 30.0 Å². The third-order valence-electron chi connectivity index (χ3n) is 6.92. The number of H-pyrrole nitrogens is 1. The molecule has 10 heteroatoms. The number of carbonyl (C=O) groups is 1. The third-order valence-corrected chi connectivity index (χ3v) is 6.92. The van der Waals surface area contributed by atoms with Gasteiger partial charge in [-0.2, -0.15) is 18.3 Å². The fourth-order valence-electron chi connectivity index (χ4n) is 4.92. The molecule has 7 nitrogen and oxygen atoms in total. The Labute approximate surface area is 207 Å². The molecule has 1 aromatic carbocycles. The summed E-state index contributed by atoms with van der Waals surface area (Å²) < 4.78 is 44.7. The van der Waals surface area contributed by atoms with Crippen LogP contribution in [-0.2, 0) is 10.9 Å². The fourth-order valence-corrected chi connectivity index (χ4v) is 4.92. The second kappa shape index (κ2) is 9.93. The number of pyridine rings is 1. The Hall–Kier alpha value is -3.40. The number of urea groups is 1. The number of alkyl halides is 3. The van der Waals surface area contributed by atoms with E-state index < -0.39 is 11.7 Å². The average molecular weight is 500 g/mol. The number of carbonyl (C=O) groups excluding carboxylic acids is 1. The maximum atomic E-state index is 13.4. The molecule has 190 valence electrons. The standard InChI is InChI=1S/C26H28F3N5O2/c1-17-2-7-22(30-14-17)24-13-23(31-32-24)20-12-19(18-3-5-21(6-4-18)26(27,28)29)15-34(16-20)25(35)33-8-10-36-11-9-33/h2-7,13-14,19-20H,8-12,15-16H2,1H3,(H,31,32). The van der Waals surface area contributed by atoms with E-state index >= 15 is 0 Å². The van der Waals surface area contributed by atoms with Gasteiger partial charge in [-0.25, -0.2) is 4.79 Å². The molecule has 0 bridgehead atoms. The van der Waals surface area contributed by atoms with E-state index in [0.29, 0.717) is 51.5 Å². The normalized spacial score (nSPS) is 21.0. The number of likely N-dealkylation sites (tertiary alicyclic amines) is 1. The Balaban J connectivity index is 1.41. The van der Waals surface area contributed by atoms with E-state index in [1.165, 1.54) is 12.1 Å². The van der Waals surface area contributed by atoms with Crippen molar-refractivity contribution in [1.29, 1.82) is 0 Å². The van der Waals surface area contributed by atoms with Crippen molar-refractivity contribution in [2.24, 2.45) is 0 Å². The average Bonchev–Trinajstić information content (AvgIpc) is 3.39. The van der Waals surface area contributed by atoms with E-state index in [0.717, 1.165) is 34.6 Å². The summed E-state index contributed by atoms with van der Waals surface area (Å²) in [5.41, 5.74) is 3.51. The lowest BCUT2D eigenvalue weighted by atomic mass is 9.82. The first-order valence-corrected chi connectivity index (χ1v) is 12.0. The first kappa shape index (κ1) is 24.3. The van der Waals surface area contributed by atoms with Crippen molar-refractivity contribution in [3.8, 4) is 11.4 Å². The molecule has 2 aliphatic rings. The van der Waals surface area contributed by atoms with E-state index in [1.54, 1.807) is 11.1 Å². The highest BCUT2D eigenvalue weighted by Gasteiger charge is 2.36. The van der Waals surface area contributed by atoms with Crippen LogP contribution in [-0.4, -0.2) is 70.4 Å². The number of hydrogen-bond donors (Lipinski definition) is 1. The number of piperidine rings is 1. The zero-order valence-electron chi connectivity index (χ0n) is 20.0. The molecule has 2 amide bonds. The predicted molar refractivity (Wildman–Crippen MR) is 127 cm³/mol. The van der Waals surface area contributed by atoms with Crippen LogP contribution in [0.15, 0.2) is 48.7 Å². The Morgan fingerprint density at radius 2 is 1.72 bits per heavy atom. The monoisotopic (exact) mass is 499 g/mol. The molecule has 2 aromatic heterocycles. The van der Waals surface area contributed by atoms with Crippen molar-refractivity contribution in [2.45, 2.75) is 31.4 Å². The summed E-state index contributed by atoms with van der Waals surface area (Å²) >= 11 is 0. The van der Waals surface area contributed by atoms with Crippen molar-refractivity contribution in [3.63, 3.8) is 0 Å². The van der Waals surface area contributed by atoms with Crippen LogP contribution in [0.4, 0.5) is 18.0 Å². The summed E-state index contributed by atoms with van der Waals surface area (Å²) in [6, 6.07) is 11.1. The molecular weight excluding hydrogens is 471 g/mol. The number of aryl methyl sites for hydroxylation is 1. The van der Waals surface area contributed by atoms with Crippen molar-refractivity contribution in [1.82, 2.24) is 25.0 Å². The minimum Gasteiger partial charge on any atom is -0.378 e. The summed E-state index contributed by atoms with van der Waals surface area (Å²) in [4.78, 5) is 21.4. The maximum Gasteiger partial charge on any atom is 0.416 e. The topological polar surface area (TPSA) is 74.3 Å². The number of aromatic amines is 1. The number of nitrogens with one attached hydrogen (secondary N) is 1. The molecule has 36 heavy (non-hydrogen) atoms. The Bertz CT molecular complexity index is 1190. The molecule has 2 unspecified atom stereocenters. The molecule has 0 aliphatic carbocycles. The van der Waals surface area contributed by atoms with Crippen LogP contribution in [0.3, 0.4) is 0 Å². The quantitative estimate of drug-likeness (QED) is 0.561. The fraction of sp³-hybridized carbons (Fsp3) is 0.423. The molecular formula is C26H28F3N5O2. The lowest BCUT2D eigenvalue weighted by Crippen LogP contribution is -2.52. The van der Waals surface area contributed by atoms with Gasteiger partial charge in [0.2, 0.25) is 0 Å². The minimum atomic E-state index is -4.39. The van der Waals surface area contributed by atoms with Gasteiger partial charge < -0.3 is 14.5 Å². The smallest absolute Gasteiger partial charge is 0.378 e. The number of aromatic nitrogens is 3. The molecule has 0 radical (unpaired) electrons. The predicted octanol–water partition coefficient (Wildman–Crippen LogP) is 4.82. The molecule has 5 rings (SSSR count). The van der Waals surface area contributed by atoms with Crippen LogP contribution in [0.25, 0.3) is 11.4 Å². The Kier molecular flexibility index (Phi) is 6.70. The second-order valence-corrected chi connectivity index (χ2v) is 9.47. The lowest BCUT2D eigenvalue weighted by molar-refractivity contribution is -0.137. The highest BCUT2D eigenvalue weighted by Crippen LogP contribution is 2.38. The number of ether oxygens (including phenoxy) is 1. The van der Waals surface area contributed by atoms with Crippen LogP contribution in [0.5, 0.6) is 0 Å². The van der Waals surface area contributed by atoms with Gasteiger partial charge in [0.05, 0.1) is 24.5 Å². The molecule has 2 atom stereocenters. The summed E-state index contributed by atoms with van der Waals surface area (Å²) in [6.07, 6.45) is -1.92. The van der Waals surface area contributed by atoms with Gasteiger partial charge >= 0.3 is 12.2 Å². The summed E-state index contributed by atoms with van der Waals surface area (Å²) in [6.45, 7) is 4.96. The van der Waals surface area contributed by atoms with Crippen molar-refractivity contribution >= 4 is 6.03 Å². The van der Waals surface area contributed by atoms with Crippen LogP contribution >= 0.6 is 0 Å². The van der Waals surface area contributed by atoms with Gasteiger partial charge in [-0.1, -0.05) is 18.2 Å². The summed E-state index contributed by atoms with van der Waals surface area (Å²) in [5.74, 6) is -0.164. The van der Waals surface area contributed by atoms with Gasteiger partial charge in [0, 0.05) is 49.9 Å². The van der Waals surface area contributed by atoms with Gasteiger partial charge in [0.25, 0.3) is 0 Å². The van der Waals surface area contributed by atoms with Gasteiger partial charge in [-0.05, 0) is 48.7 Å². The van der Waals surface area contributed by atoms with Crippen molar-refractivity contribution in [2.75, 3.05) is 39.4 Å². The SMILES string of the molecule is Cc1ccc(-c2cc(C3CC(c4ccc(C(F)(F)F)cc4)CN(C(=O)N4CCOCC4)C3)[nH]n2)nc1. The van der Waals surface area contributed by atoms with Gasteiger partial charge in [-0.3, -0.25) is 10.1 Å². The highest BCUT2D eigenvalue weighted by atomic mass is 19.4. The maximum absolute atomic E-state index is 13.4. The van der Waals surface area contributed by atoms with E-state index in [-0.39, 0.29) is 17.9 Å². The van der Waals surface area contributed by atoms with Gasteiger partial charge in [0.15, 0.2) is 0 Å². The van der Waals surface area contributed by atoms with Crippen LogP contribution in [0.2, 0.25) is 0 Å². The number of hydrogen-bond acceptors (Lipinski definition) is 4. The molecule has 1 N–H and O–H groups in total. The van der Waals surface area contributed by atoms with Gasteiger partial charge in [-0.15, -0.1) is 0 Å². The largest absolute Gasteiger partial charge is 0.416 e. The molecule has 3 aromatic rings. The number of nitrogens with zero attached hydrogens (tertiary/aromatic N) is 4. The van der Waals surface area contributed by atoms with Crippen LogP contribution < -0.4 is 0 Å². The lowest BCUT2D eigenvalue weighted by Gasteiger charge is -2.41. The zero-order chi connectivity index (χ0) is 25.3. The number of amides is 2. The molecule has 0 spiro atoms. The Morgan fingerprint density at radius 1 is 1.00 bits per heavy atom. The van der Waals surface area contributed by atoms with Gasteiger partial charge in [0.1, 0.15) is 5.69 Å². The van der Waals surface area contributed by atoms with E-state index in [9.17, 15) is 18.0 Å². The first-order chi connectivity index (χ1) is 17.3. The number of benzene rings is 1. The summed E-state index contributed by atoms with van der Waals surface area (Å²) in [7, 11) is 0. The molecule has 4 heterocycles. The number of rotatable bonds is 3. The molecule has 0 saturated carbocycles. The van der Waals surface area contributed by atoms with E-state index in [4.69, 9.17) is 4.74 Å². The first-order valence-electron chi connectivity index (χ1n) is 12.0. The zero-order valence-corrected chi connectivity index (χ0v) is 20.0.